The Morgan fingerprint density at radius 2 is 1.85 bits per heavy atom. The van der Waals surface area contributed by atoms with Gasteiger partial charge in [0.25, 0.3) is 0 Å². The number of nitrogens with one attached hydrogen (secondary N) is 1. The molecule has 3 N–H and O–H groups in total. The summed E-state index contributed by atoms with van der Waals surface area (Å²) in [5.41, 5.74) is 11.7. The molecule has 0 fully saturated rings. The lowest BCUT2D eigenvalue weighted by Gasteiger charge is -2.06. The molecule has 0 radical (unpaired) electrons. The maximum absolute atomic E-state index is 6.09. The minimum atomic E-state index is 0.554. The number of hydrogen-bond donors (Lipinski definition) is 2. The van der Waals surface area contributed by atoms with Crippen LogP contribution in [0.25, 0.3) is 21.7 Å². The summed E-state index contributed by atoms with van der Waals surface area (Å²) in [5, 5.41) is 7.30. The molecule has 0 bridgehead atoms. The average molecular weight is 283 g/mol. The molecule has 2 heterocycles. The first-order chi connectivity index (χ1) is 9.58. The van der Waals surface area contributed by atoms with Crippen molar-refractivity contribution < 1.29 is 0 Å². The second-order valence-electron chi connectivity index (χ2n) is 5.02. The smallest absolute Gasteiger partial charge is 0.153 e. The Hall–Kier alpha value is -2.07. The number of nitrogens with zero attached hydrogens (tertiary/aromatic N) is 1. The highest BCUT2D eigenvalue weighted by atomic mass is 32.1. The van der Waals surface area contributed by atoms with Crippen molar-refractivity contribution in [3.63, 3.8) is 0 Å². The summed E-state index contributed by atoms with van der Waals surface area (Å²) in [6, 6.07) is 10.4. The maximum atomic E-state index is 6.09. The van der Waals surface area contributed by atoms with Crippen molar-refractivity contribution >= 4 is 17.2 Å². The van der Waals surface area contributed by atoms with Crippen LogP contribution in [0, 0.1) is 20.8 Å². The van der Waals surface area contributed by atoms with E-state index in [1.165, 1.54) is 20.9 Å². The van der Waals surface area contributed by atoms with Gasteiger partial charge in [-0.15, -0.1) is 11.3 Å². The number of anilines is 1. The monoisotopic (exact) mass is 283 g/mol. The average Bonchev–Trinajstić information content (AvgIpc) is 2.94. The molecule has 0 atom stereocenters. The van der Waals surface area contributed by atoms with Crippen molar-refractivity contribution in [2.45, 2.75) is 20.8 Å². The summed E-state index contributed by atoms with van der Waals surface area (Å²) in [7, 11) is 0. The van der Waals surface area contributed by atoms with Gasteiger partial charge in [-0.3, -0.25) is 5.10 Å². The van der Waals surface area contributed by atoms with E-state index < -0.39 is 0 Å². The molecule has 0 amide bonds. The molecule has 0 aliphatic rings. The standard InChI is InChI=1S/C16H17N3S/c1-9-6-4-5-7-12(9)14-15(18-19-16(14)17)13-8-10(2)11(3)20-13/h4-8H,1-3H3,(H3,17,18,19). The number of aromatic nitrogens is 2. The molecule has 3 nitrogen and oxygen atoms in total. The molecule has 3 rings (SSSR count). The SMILES string of the molecule is Cc1ccccc1-c1c(N)n[nH]c1-c1cc(C)c(C)s1. The topological polar surface area (TPSA) is 54.7 Å². The van der Waals surface area contributed by atoms with Crippen LogP contribution in [0.4, 0.5) is 5.82 Å². The highest BCUT2D eigenvalue weighted by molar-refractivity contribution is 7.15. The summed E-state index contributed by atoms with van der Waals surface area (Å²) < 4.78 is 0. The Morgan fingerprint density at radius 1 is 1.10 bits per heavy atom. The summed E-state index contributed by atoms with van der Waals surface area (Å²) in [5.74, 6) is 0.554. The summed E-state index contributed by atoms with van der Waals surface area (Å²) in [6.45, 7) is 6.36. The Bertz CT molecular complexity index is 748. The van der Waals surface area contributed by atoms with Crippen molar-refractivity contribution in [3.05, 3.63) is 46.3 Å². The second kappa shape index (κ2) is 4.80. The highest BCUT2D eigenvalue weighted by Gasteiger charge is 2.17. The first-order valence-corrected chi connectivity index (χ1v) is 7.37. The van der Waals surface area contributed by atoms with Gasteiger partial charge < -0.3 is 5.73 Å². The lowest BCUT2D eigenvalue weighted by atomic mass is 9.99. The van der Waals surface area contributed by atoms with Gasteiger partial charge in [0.15, 0.2) is 5.82 Å². The zero-order chi connectivity index (χ0) is 14.3. The summed E-state index contributed by atoms with van der Waals surface area (Å²) in [6.07, 6.45) is 0. The van der Waals surface area contributed by atoms with Crippen molar-refractivity contribution in [2.75, 3.05) is 5.73 Å². The van der Waals surface area contributed by atoms with E-state index in [4.69, 9.17) is 5.73 Å². The zero-order valence-corrected chi connectivity index (χ0v) is 12.6. The number of thiophene rings is 1. The molecule has 0 unspecified atom stereocenters. The molecule has 2 aromatic heterocycles. The van der Waals surface area contributed by atoms with Gasteiger partial charge in [-0.25, -0.2) is 0 Å². The quantitative estimate of drug-likeness (QED) is 0.736. The van der Waals surface area contributed by atoms with E-state index in [-0.39, 0.29) is 0 Å². The Kier molecular flexibility index (Phi) is 3.10. The normalized spacial score (nSPS) is 10.9. The Labute approximate surface area is 122 Å². The van der Waals surface area contributed by atoms with Gasteiger partial charge in [0.05, 0.1) is 16.1 Å². The minimum Gasteiger partial charge on any atom is -0.382 e. The Morgan fingerprint density at radius 3 is 2.50 bits per heavy atom. The predicted octanol–water partition coefficient (Wildman–Crippen LogP) is 4.31. The van der Waals surface area contributed by atoms with Gasteiger partial charge in [0, 0.05) is 4.88 Å². The van der Waals surface area contributed by atoms with Gasteiger partial charge in [0.1, 0.15) is 0 Å². The predicted molar refractivity (Wildman–Crippen MR) is 86.0 cm³/mol. The van der Waals surface area contributed by atoms with E-state index in [9.17, 15) is 0 Å². The van der Waals surface area contributed by atoms with E-state index in [0.29, 0.717) is 5.82 Å². The maximum Gasteiger partial charge on any atom is 0.153 e. The number of nitrogens with two attached hydrogens (primary N) is 1. The van der Waals surface area contributed by atoms with Crippen molar-refractivity contribution in [2.24, 2.45) is 0 Å². The van der Waals surface area contributed by atoms with Gasteiger partial charge in [-0.2, -0.15) is 5.10 Å². The third-order valence-electron chi connectivity index (χ3n) is 3.62. The van der Waals surface area contributed by atoms with Crippen LogP contribution in [0.5, 0.6) is 0 Å². The molecule has 20 heavy (non-hydrogen) atoms. The van der Waals surface area contributed by atoms with Gasteiger partial charge >= 0.3 is 0 Å². The van der Waals surface area contributed by atoms with Gasteiger partial charge in [-0.1, -0.05) is 24.3 Å². The molecular weight excluding hydrogens is 266 g/mol. The fourth-order valence-electron chi connectivity index (χ4n) is 2.36. The third kappa shape index (κ3) is 2.02. The van der Waals surface area contributed by atoms with Gasteiger partial charge in [0.2, 0.25) is 0 Å². The molecule has 0 saturated heterocycles. The fraction of sp³-hybridized carbons (Fsp3) is 0.188. The summed E-state index contributed by atoms with van der Waals surface area (Å²) >= 11 is 1.77. The zero-order valence-electron chi connectivity index (χ0n) is 11.8. The Balaban J connectivity index is 2.23. The number of aromatic amines is 1. The lowest BCUT2D eigenvalue weighted by Crippen LogP contribution is -1.90. The first-order valence-electron chi connectivity index (χ1n) is 6.55. The van der Waals surface area contributed by atoms with Crippen LogP contribution in [0.15, 0.2) is 30.3 Å². The van der Waals surface area contributed by atoms with E-state index in [1.807, 2.05) is 12.1 Å². The van der Waals surface area contributed by atoms with E-state index >= 15 is 0 Å². The van der Waals surface area contributed by atoms with Crippen LogP contribution in [0.3, 0.4) is 0 Å². The van der Waals surface area contributed by atoms with Crippen LogP contribution < -0.4 is 5.73 Å². The van der Waals surface area contributed by atoms with Crippen LogP contribution in [-0.2, 0) is 0 Å². The van der Waals surface area contributed by atoms with E-state index in [0.717, 1.165) is 16.8 Å². The summed E-state index contributed by atoms with van der Waals surface area (Å²) in [4.78, 5) is 2.51. The molecule has 4 heteroatoms. The van der Waals surface area contributed by atoms with Crippen LogP contribution >= 0.6 is 11.3 Å². The molecule has 3 aromatic rings. The van der Waals surface area contributed by atoms with Crippen LogP contribution in [0.2, 0.25) is 0 Å². The van der Waals surface area contributed by atoms with Crippen LogP contribution in [0.1, 0.15) is 16.0 Å². The molecule has 0 saturated carbocycles. The van der Waals surface area contributed by atoms with Crippen LogP contribution in [-0.4, -0.2) is 10.2 Å². The molecule has 1 aromatic carbocycles. The molecule has 0 aliphatic carbocycles. The fourth-order valence-corrected chi connectivity index (χ4v) is 3.39. The van der Waals surface area contributed by atoms with Crippen molar-refractivity contribution in [1.29, 1.82) is 0 Å². The molecule has 102 valence electrons. The molecular formula is C16H17N3S. The number of benzene rings is 1. The lowest BCUT2D eigenvalue weighted by molar-refractivity contribution is 1.11. The first kappa shape index (κ1) is 12.9. The van der Waals surface area contributed by atoms with Gasteiger partial charge in [-0.05, 0) is 43.5 Å². The largest absolute Gasteiger partial charge is 0.382 e. The minimum absolute atomic E-state index is 0.554. The number of rotatable bonds is 2. The number of H-pyrrole nitrogens is 1. The van der Waals surface area contributed by atoms with E-state index in [1.54, 1.807) is 11.3 Å². The number of hydrogen-bond acceptors (Lipinski definition) is 3. The van der Waals surface area contributed by atoms with Crippen molar-refractivity contribution in [3.8, 4) is 21.7 Å². The highest BCUT2D eigenvalue weighted by Crippen LogP contribution is 2.39. The van der Waals surface area contributed by atoms with E-state index in [2.05, 4.69) is 49.2 Å². The number of nitrogen functional groups attached to an aromatic ring is 1. The third-order valence-corrected chi connectivity index (χ3v) is 4.79. The second-order valence-corrected chi connectivity index (χ2v) is 6.28. The number of aryl methyl sites for hydroxylation is 3. The molecule has 0 spiro atoms. The van der Waals surface area contributed by atoms with Crippen molar-refractivity contribution in [1.82, 2.24) is 10.2 Å². The molecule has 0 aliphatic heterocycles.